The first-order valence-electron chi connectivity index (χ1n) is 7.98. The molecule has 0 fully saturated rings. The van der Waals surface area contributed by atoms with E-state index in [9.17, 15) is 9.59 Å². The number of hydrogen-bond donors (Lipinski definition) is 0. The Hall–Kier alpha value is -2.56. The zero-order chi connectivity index (χ0) is 15.9. The molecule has 2 bridgehead atoms. The molecule has 1 aromatic carbocycles. The molecule has 3 heterocycles. The Morgan fingerprint density at radius 3 is 1.74 bits per heavy atom. The lowest BCUT2D eigenvalue weighted by molar-refractivity contribution is 0.114. The number of nitrogens with zero attached hydrogens (tertiary/aromatic N) is 3. The van der Waals surface area contributed by atoms with Crippen LogP contribution in [0.2, 0.25) is 0 Å². The Morgan fingerprint density at radius 2 is 1.26 bits per heavy atom. The van der Waals surface area contributed by atoms with Crippen molar-refractivity contribution in [3.63, 3.8) is 0 Å². The van der Waals surface area contributed by atoms with E-state index in [1.165, 1.54) is 15.7 Å². The van der Waals surface area contributed by atoms with Gasteiger partial charge in [-0.25, -0.2) is 23.5 Å². The average Bonchev–Trinajstić information content (AvgIpc) is 2.87. The molecule has 23 heavy (non-hydrogen) atoms. The molecule has 0 spiro atoms. The van der Waals surface area contributed by atoms with Crippen molar-refractivity contribution < 1.29 is 0 Å². The van der Waals surface area contributed by atoms with Crippen LogP contribution in [0.3, 0.4) is 0 Å². The van der Waals surface area contributed by atoms with E-state index in [-0.39, 0.29) is 23.5 Å². The van der Waals surface area contributed by atoms with Gasteiger partial charge in [0.1, 0.15) is 0 Å². The SMILES string of the molecule is CC1=C(C)[C@H]2[C@H]1[C@@H]1C=C[C@@H]2n2c(=O)n(-c3ccccc3)c(=O)n21. The number of benzene rings is 1. The molecule has 4 atom stereocenters. The van der Waals surface area contributed by atoms with Crippen molar-refractivity contribution in [2.24, 2.45) is 11.8 Å². The molecule has 0 saturated heterocycles. The van der Waals surface area contributed by atoms with Crippen LogP contribution in [-0.2, 0) is 0 Å². The van der Waals surface area contributed by atoms with E-state index in [0.29, 0.717) is 17.5 Å². The smallest absolute Gasteiger partial charge is 0.245 e. The van der Waals surface area contributed by atoms with Crippen LogP contribution in [0.4, 0.5) is 0 Å². The number of allylic oxidation sites excluding steroid dienone is 4. The highest BCUT2D eigenvalue weighted by molar-refractivity contribution is 5.40. The monoisotopic (exact) mass is 307 g/mol. The van der Waals surface area contributed by atoms with Crippen molar-refractivity contribution >= 4 is 0 Å². The number of hydrogen-bond acceptors (Lipinski definition) is 2. The topological polar surface area (TPSA) is 48.9 Å². The van der Waals surface area contributed by atoms with Gasteiger partial charge in [0.2, 0.25) is 0 Å². The van der Waals surface area contributed by atoms with Crippen molar-refractivity contribution in [1.29, 1.82) is 0 Å². The maximum atomic E-state index is 12.9. The van der Waals surface area contributed by atoms with Gasteiger partial charge in [0.05, 0.1) is 17.8 Å². The second-order valence-electron chi connectivity index (χ2n) is 6.71. The van der Waals surface area contributed by atoms with Gasteiger partial charge in [0.25, 0.3) is 0 Å². The molecule has 2 aliphatic carbocycles. The van der Waals surface area contributed by atoms with Crippen molar-refractivity contribution in [3.8, 4) is 5.69 Å². The summed E-state index contributed by atoms with van der Waals surface area (Å²) in [6.45, 7) is 4.29. The summed E-state index contributed by atoms with van der Waals surface area (Å²) >= 11 is 0. The molecule has 116 valence electrons. The highest BCUT2D eigenvalue weighted by Crippen LogP contribution is 2.56. The average molecular weight is 307 g/mol. The van der Waals surface area contributed by atoms with E-state index in [1.54, 1.807) is 21.5 Å². The van der Waals surface area contributed by atoms with Gasteiger partial charge >= 0.3 is 11.4 Å². The second-order valence-corrected chi connectivity index (χ2v) is 6.71. The summed E-state index contributed by atoms with van der Waals surface area (Å²) in [5, 5.41) is 0. The van der Waals surface area contributed by atoms with Crippen LogP contribution < -0.4 is 11.4 Å². The zero-order valence-corrected chi connectivity index (χ0v) is 13.0. The minimum atomic E-state index is -0.239. The van der Waals surface area contributed by atoms with Crippen LogP contribution in [0.15, 0.2) is 63.2 Å². The number of aromatic nitrogens is 3. The summed E-state index contributed by atoms with van der Waals surface area (Å²) in [5.41, 5.74) is 2.89. The van der Waals surface area contributed by atoms with Crippen molar-refractivity contribution in [2.75, 3.05) is 0 Å². The molecule has 0 saturated carbocycles. The van der Waals surface area contributed by atoms with Crippen molar-refractivity contribution in [1.82, 2.24) is 13.9 Å². The molecule has 1 aromatic heterocycles. The predicted molar refractivity (Wildman–Crippen MR) is 86.9 cm³/mol. The first-order chi connectivity index (χ1) is 11.1. The fourth-order valence-corrected chi connectivity index (χ4v) is 4.65. The predicted octanol–water partition coefficient (Wildman–Crippen LogP) is 2.05. The van der Waals surface area contributed by atoms with Gasteiger partial charge in [0.15, 0.2) is 0 Å². The third kappa shape index (κ3) is 1.34. The van der Waals surface area contributed by atoms with Gasteiger partial charge in [-0.3, -0.25) is 0 Å². The van der Waals surface area contributed by atoms with Crippen LogP contribution in [0.5, 0.6) is 0 Å². The Morgan fingerprint density at radius 1 is 0.783 bits per heavy atom. The van der Waals surface area contributed by atoms with Crippen LogP contribution >= 0.6 is 0 Å². The van der Waals surface area contributed by atoms with Crippen molar-refractivity contribution in [2.45, 2.75) is 25.9 Å². The summed E-state index contributed by atoms with van der Waals surface area (Å²) in [6, 6.07) is 9.08. The Balaban J connectivity index is 1.79. The molecule has 5 heteroatoms. The van der Waals surface area contributed by atoms with Crippen LogP contribution in [0.25, 0.3) is 5.69 Å². The Labute approximate surface area is 132 Å². The van der Waals surface area contributed by atoms with E-state index in [1.807, 2.05) is 18.2 Å². The molecule has 2 aromatic rings. The third-order valence-electron chi connectivity index (χ3n) is 5.84. The fraction of sp³-hybridized carbons (Fsp3) is 0.333. The van der Waals surface area contributed by atoms with Gasteiger partial charge in [0, 0.05) is 11.8 Å². The molecule has 0 N–H and O–H groups in total. The maximum absolute atomic E-state index is 12.9. The lowest BCUT2D eigenvalue weighted by Crippen LogP contribution is -2.53. The van der Waals surface area contributed by atoms with E-state index in [2.05, 4.69) is 26.0 Å². The number of para-hydroxylation sites is 1. The molecular formula is C18H17N3O2. The molecule has 6 rings (SSSR count). The van der Waals surface area contributed by atoms with Gasteiger partial charge in [-0.15, -0.1) is 0 Å². The molecule has 0 unspecified atom stereocenters. The molecule has 0 amide bonds. The first-order valence-corrected chi connectivity index (χ1v) is 7.98. The molecule has 5 nitrogen and oxygen atoms in total. The third-order valence-corrected chi connectivity index (χ3v) is 5.84. The summed E-state index contributed by atoms with van der Waals surface area (Å²) < 4.78 is 4.62. The second kappa shape index (κ2) is 4.04. The minimum absolute atomic E-state index is 0.0427. The fourth-order valence-electron chi connectivity index (χ4n) is 4.65. The lowest BCUT2D eigenvalue weighted by atomic mass is 9.59. The number of rotatable bonds is 1. The standard InChI is InChI=1S/C18H17N3O2/c1-10-11(2)16-14-9-8-13(15(10)16)20-17(22)19(18(23)21(14)20)12-6-4-3-5-7-12/h3-9,13-16H,1-2H3/t13-,14-,15+,16+/m0/s1. The summed E-state index contributed by atoms with van der Waals surface area (Å²) in [7, 11) is 0. The maximum Gasteiger partial charge on any atom is 0.352 e. The summed E-state index contributed by atoms with van der Waals surface area (Å²) in [4.78, 5) is 25.9. The molecule has 4 aliphatic rings. The van der Waals surface area contributed by atoms with E-state index >= 15 is 0 Å². The van der Waals surface area contributed by atoms with Crippen LogP contribution in [0, 0.1) is 11.8 Å². The zero-order valence-electron chi connectivity index (χ0n) is 13.0. The first kappa shape index (κ1) is 12.9. The largest absolute Gasteiger partial charge is 0.352 e. The lowest BCUT2D eigenvalue weighted by Gasteiger charge is -2.53. The molecular weight excluding hydrogens is 290 g/mol. The van der Waals surface area contributed by atoms with Crippen LogP contribution in [0.1, 0.15) is 25.9 Å². The van der Waals surface area contributed by atoms with Crippen LogP contribution in [-0.4, -0.2) is 13.9 Å². The van der Waals surface area contributed by atoms with E-state index in [4.69, 9.17) is 0 Å². The van der Waals surface area contributed by atoms with E-state index in [0.717, 1.165) is 0 Å². The molecule has 0 radical (unpaired) electrons. The Bertz CT molecular complexity index is 944. The van der Waals surface area contributed by atoms with Crippen molar-refractivity contribution in [3.05, 3.63) is 74.6 Å². The van der Waals surface area contributed by atoms with Gasteiger partial charge in [-0.05, 0) is 26.0 Å². The molecule has 2 aliphatic heterocycles. The van der Waals surface area contributed by atoms with Gasteiger partial charge < -0.3 is 0 Å². The minimum Gasteiger partial charge on any atom is -0.245 e. The van der Waals surface area contributed by atoms with Gasteiger partial charge in [-0.1, -0.05) is 41.5 Å². The highest BCUT2D eigenvalue weighted by atomic mass is 16.2. The van der Waals surface area contributed by atoms with Gasteiger partial charge in [-0.2, -0.15) is 0 Å². The quantitative estimate of drug-likeness (QED) is 0.757. The Kier molecular flexibility index (Phi) is 2.27. The normalized spacial score (nSPS) is 30.2. The summed E-state index contributed by atoms with van der Waals surface area (Å²) in [5.74, 6) is 0.711. The summed E-state index contributed by atoms with van der Waals surface area (Å²) in [6.07, 6.45) is 4.19. The van der Waals surface area contributed by atoms with E-state index < -0.39 is 0 Å². The highest BCUT2D eigenvalue weighted by Gasteiger charge is 2.53.